The van der Waals surface area contributed by atoms with E-state index in [9.17, 15) is 9.59 Å². The van der Waals surface area contributed by atoms with Crippen LogP contribution in [0.25, 0.3) is 11.3 Å². The molecule has 0 spiro atoms. The van der Waals surface area contributed by atoms with Crippen LogP contribution < -0.4 is 5.32 Å². The van der Waals surface area contributed by atoms with Gasteiger partial charge in [-0.25, -0.2) is 4.98 Å². The molecule has 2 amide bonds. The van der Waals surface area contributed by atoms with Gasteiger partial charge in [0, 0.05) is 42.3 Å². The molecule has 8 nitrogen and oxygen atoms in total. The summed E-state index contributed by atoms with van der Waals surface area (Å²) >= 11 is 1.60. The van der Waals surface area contributed by atoms with Crippen molar-refractivity contribution in [2.75, 3.05) is 25.0 Å². The Kier molecular flexibility index (Phi) is 6.43. The number of benzene rings is 1. The van der Waals surface area contributed by atoms with Crippen molar-refractivity contribution in [1.29, 1.82) is 0 Å². The highest BCUT2D eigenvalue weighted by Gasteiger charge is 2.29. The van der Waals surface area contributed by atoms with E-state index in [-0.39, 0.29) is 18.4 Å². The van der Waals surface area contributed by atoms with Gasteiger partial charge in [0.15, 0.2) is 6.10 Å². The van der Waals surface area contributed by atoms with Crippen molar-refractivity contribution in [2.24, 2.45) is 0 Å². The molecule has 3 heterocycles. The molecular formula is C22H25N5O3S. The van der Waals surface area contributed by atoms with Crippen LogP contribution in [-0.4, -0.2) is 57.3 Å². The molecule has 31 heavy (non-hydrogen) atoms. The molecule has 9 heteroatoms. The van der Waals surface area contributed by atoms with E-state index in [4.69, 9.17) is 4.74 Å². The van der Waals surface area contributed by atoms with Gasteiger partial charge in [0.25, 0.3) is 5.91 Å². The fourth-order valence-corrected chi connectivity index (χ4v) is 4.06. The number of thiazole rings is 1. The summed E-state index contributed by atoms with van der Waals surface area (Å²) in [6.07, 6.45) is 1.51. The maximum absolute atomic E-state index is 12.7. The van der Waals surface area contributed by atoms with Crippen molar-refractivity contribution in [3.8, 4) is 11.3 Å². The first-order chi connectivity index (χ1) is 15.0. The van der Waals surface area contributed by atoms with Crippen molar-refractivity contribution in [3.05, 3.63) is 52.6 Å². The lowest BCUT2D eigenvalue weighted by molar-refractivity contribution is -0.144. The third-order valence-electron chi connectivity index (χ3n) is 5.11. The lowest BCUT2D eigenvalue weighted by Crippen LogP contribution is -2.50. The number of nitrogens with zero attached hydrogens (tertiary/aromatic N) is 4. The molecule has 1 aliphatic rings. The number of ether oxygens (including phenoxy) is 1. The first-order valence-electron chi connectivity index (χ1n) is 10.2. The third-order valence-corrected chi connectivity index (χ3v) is 5.88. The van der Waals surface area contributed by atoms with Gasteiger partial charge in [-0.2, -0.15) is 5.10 Å². The Morgan fingerprint density at radius 3 is 2.71 bits per heavy atom. The molecule has 162 valence electrons. The molecule has 4 rings (SSSR count). The Balaban J connectivity index is 1.30. The summed E-state index contributed by atoms with van der Waals surface area (Å²) in [6, 6.07) is 9.46. The van der Waals surface area contributed by atoms with Crippen molar-refractivity contribution < 1.29 is 14.3 Å². The van der Waals surface area contributed by atoms with Crippen molar-refractivity contribution in [2.45, 2.75) is 32.9 Å². The van der Waals surface area contributed by atoms with E-state index in [1.807, 2.05) is 55.8 Å². The second-order valence-electron chi connectivity index (χ2n) is 7.49. The van der Waals surface area contributed by atoms with Crippen LogP contribution in [0.4, 0.5) is 5.69 Å². The normalized spacial score (nSPS) is 16.3. The van der Waals surface area contributed by atoms with Gasteiger partial charge >= 0.3 is 0 Å². The van der Waals surface area contributed by atoms with E-state index >= 15 is 0 Å². The highest BCUT2D eigenvalue weighted by atomic mass is 32.1. The zero-order chi connectivity index (χ0) is 21.8. The number of nitrogens with one attached hydrogen (secondary N) is 1. The van der Waals surface area contributed by atoms with E-state index in [1.165, 1.54) is 0 Å². The topological polar surface area (TPSA) is 89.4 Å². The van der Waals surface area contributed by atoms with Gasteiger partial charge < -0.3 is 15.0 Å². The number of carbonyl (C=O) groups excluding carboxylic acids is 2. The number of hydrogen-bond donors (Lipinski definition) is 1. The minimum atomic E-state index is -0.689. The van der Waals surface area contributed by atoms with Gasteiger partial charge in [-0.1, -0.05) is 12.1 Å². The molecule has 3 aromatic rings. The molecule has 0 aliphatic carbocycles. The van der Waals surface area contributed by atoms with Gasteiger partial charge in [0.05, 0.1) is 29.5 Å². The number of amides is 2. The SMILES string of the molecule is Cc1ccn(CCC(=O)N2CCOC(C(=O)Nc3ccc(-c4csc(C)n4)cc3)C2)n1. The molecule has 1 fully saturated rings. The molecule has 0 radical (unpaired) electrons. The summed E-state index contributed by atoms with van der Waals surface area (Å²) < 4.78 is 7.38. The predicted molar refractivity (Wildman–Crippen MR) is 119 cm³/mol. The largest absolute Gasteiger partial charge is 0.365 e. The highest BCUT2D eigenvalue weighted by Crippen LogP contribution is 2.23. The minimum Gasteiger partial charge on any atom is -0.365 e. The van der Waals surface area contributed by atoms with E-state index in [1.54, 1.807) is 20.9 Å². The fourth-order valence-electron chi connectivity index (χ4n) is 3.43. The summed E-state index contributed by atoms with van der Waals surface area (Å²) in [5, 5.41) is 10.2. The van der Waals surface area contributed by atoms with Crippen molar-refractivity contribution in [1.82, 2.24) is 19.7 Å². The first kappa shape index (κ1) is 21.2. The van der Waals surface area contributed by atoms with Gasteiger partial charge in [0.1, 0.15) is 0 Å². The molecule has 1 aromatic carbocycles. The van der Waals surface area contributed by atoms with E-state index in [0.29, 0.717) is 31.8 Å². The molecule has 2 aromatic heterocycles. The molecular weight excluding hydrogens is 414 g/mol. The molecule has 1 unspecified atom stereocenters. The monoisotopic (exact) mass is 439 g/mol. The van der Waals surface area contributed by atoms with E-state index in [2.05, 4.69) is 15.4 Å². The summed E-state index contributed by atoms with van der Waals surface area (Å²) in [5.74, 6) is -0.255. The van der Waals surface area contributed by atoms with Crippen molar-refractivity contribution >= 4 is 28.8 Å². The molecule has 1 saturated heterocycles. The zero-order valence-electron chi connectivity index (χ0n) is 17.6. The Bertz CT molecular complexity index is 1060. The van der Waals surface area contributed by atoms with Gasteiger partial charge in [-0.3, -0.25) is 14.3 Å². The Labute approximate surface area is 184 Å². The molecule has 1 aliphatic heterocycles. The van der Waals surface area contributed by atoms with E-state index in [0.717, 1.165) is 22.0 Å². The highest BCUT2D eigenvalue weighted by molar-refractivity contribution is 7.09. The number of hydrogen-bond acceptors (Lipinski definition) is 6. The number of anilines is 1. The molecule has 1 N–H and O–H groups in total. The van der Waals surface area contributed by atoms with Crippen LogP contribution in [0.3, 0.4) is 0 Å². The Morgan fingerprint density at radius 1 is 1.23 bits per heavy atom. The van der Waals surface area contributed by atoms with Gasteiger partial charge in [-0.15, -0.1) is 11.3 Å². The quantitative estimate of drug-likeness (QED) is 0.638. The Hall–Kier alpha value is -3.04. The van der Waals surface area contributed by atoms with Crippen LogP contribution >= 0.6 is 11.3 Å². The molecule has 1 atom stereocenters. The predicted octanol–water partition coefficient (Wildman–Crippen LogP) is 2.88. The number of aromatic nitrogens is 3. The minimum absolute atomic E-state index is 0.00263. The summed E-state index contributed by atoms with van der Waals surface area (Å²) in [5.41, 5.74) is 3.53. The zero-order valence-corrected chi connectivity index (χ0v) is 18.4. The number of rotatable bonds is 6. The number of carbonyl (C=O) groups is 2. The molecule has 0 bridgehead atoms. The van der Waals surface area contributed by atoms with Crippen LogP contribution in [0.1, 0.15) is 17.1 Å². The number of morpholine rings is 1. The van der Waals surface area contributed by atoms with Crippen LogP contribution in [0.2, 0.25) is 0 Å². The first-order valence-corrected chi connectivity index (χ1v) is 11.1. The summed E-state index contributed by atoms with van der Waals surface area (Å²) in [6.45, 7) is 5.48. The fraction of sp³-hybridized carbons (Fsp3) is 0.364. The summed E-state index contributed by atoms with van der Waals surface area (Å²) in [4.78, 5) is 31.4. The molecule has 0 saturated carbocycles. The summed E-state index contributed by atoms with van der Waals surface area (Å²) in [7, 11) is 0. The van der Waals surface area contributed by atoms with E-state index < -0.39 is 6.10 Å². The maximum Gasteiger partial charge on any atom is 0.255 e. The average molecular weight is 440 g/mol. The lowest BCUT2D eigenvalue weighted by Gasteiger charge is -2.32. The average Bonchev–Trinajstić information content (AvgIpc) is 3.40. The smallest absolute Gasteiger partial charge is 0.255 e. The third kappa shape index (κ3) is 5.36. The van der Waals surface area contributed by atoms with Crippen LogP contribution in [-0.2, 0) is 20.9 Å². The van der Waals surface area contributed by atoms with Gasteiger partial charge in [-0.05, 0) is 32.0 Å². The van der Waals surface area contributed by atoms with Crippen molar-refractivity contribution in [3.63, 3.8) is 0 Å². The van der Waals surface area contributed by atoms with Crippen LogP contribution in [0, 0.1) is 13.8 Å². The Morgan fingerprint density at radius 2 is 2.03 bits per heavy atom. The maximum atomic E-state index is 12.7. The lowest BCUT2D eigenvalue weighted by atomic mass is 10.1. The number of aryl methyl sites for hydroxylation is 3. The second-order valence-corrected chi connectivity index (χ2v) is 8.55. The van der Waals surface area contributed by atoms with Gasteiger partial charge in [0.2, 0.25) is 5.91 Å². The van der Waals surface area contributed by atoms with Crippen LogP contribution in [0.15, 0.2) is 41.9 Å². The second kappa shape index (κ2) is 9.40. The van der Waals surface area contributed by atoms with Crippen LogP contribution in [0.5, 0.6) is 0 Å². The standard InChI is InChI=1S/C22H25N5O3S/c1-15-7-9-27(25-15)10-8-21(28)26-11-12-30-20(13-26)22(29)24-18-5-3-17(4-6-18)19-14-31-16(2)23-19/h3-7,9,14,20H,8,10-13H2,1-2H3,(H,24,29).